The Balaban J connectivity index is 2.97. The summed E-state index contributed by atoms with van der Waals surface area (Å²) in [4.78, 5) is 12.3. The molecule has 0 heterocycles. The van der Waals surface area contributed by atoms with E-state index in [-0.39, 0.29) is 5.78 Å². The van der Waals surface area contributed by atoms with Gasteiger partial charge in [0.15, 0.2) is 0 Å². The van der Waals surface area contributed by atoms with Crippen LogP contribution < -0.4 is 0 Å². The second-order valence-corrected chi connectivity index (χ2v) is 12.8. The topological polar surface area (TPSA) is 17.1 Å². The number of hydrogen-bond donors (Lipinski definition) is 0. The molecule has 1 nitrogen and oxygen atoms in total. The highest BCUT2D eigenvalue weighted by Crippen LogP contribution is 2.40. The average molecular weight is 315 g/mol. The first-order valence-corrected chi connectivity index (χ1v) is 10.5. The van der Waals surface area contributed by atoms with Crippen LogP contribution in [0.25, 0.3) is 0 Å². The van der Waals surface area contributed by atoms with Crippen molar-refractivity contribution in [2.24, 2.45) is 0 Å². The van der Waals surface area contributed by atoms with Crippen LogP contribution in [0, 0.1) is 18.4 Å². The van der Waals surface area contributed by atoms with Crippen LogP contribution in [0.5, 0.6) is 0 Å². The molecule has 0 aliphatic carbocycles. The highest BCUT2D eigenvalue weighted by molar-refractivity contribution is 6.90. The van der Waals surface area contributed by atoms with Crippen molar-refractivity contribution in [2.45, 2.75) is 71.5 Å². The van der Waals surface area contributed by atoms with E-state index in [1.54, 1.807) is 0 Å². The minimum absolute atomic E-state index is 0.0441. The number of rotatable bonds is 5. The van der Waals surface area contributed by atoms with Crippen molar-refractivity contribution < 1.29 is 4.79 Å². The first-order chi connectivity index (χ1) is 10.2. The second-order valence-electron chi connectivity index (χ2n) is 7.23. The normalized spacial score (nSPS) is 11.7. The van der Waals surface area contributed by atoms with Crippen molar-refractivity contribution in [3.63, 3.8) is 0 Å². The molecule has 2 heteroatoms. The number of benzene rings is 1. The van der Waals surface area contributed by atoms with Gasteiger partial charge in [0.2, 0.25) is 5.78 Å². The molecular formula is C20H30OSi. The van der Waals surface area contributed by atoms with E-state index in [0.29, 0.717) is 23.0 Å². The van der Waals surface area contributed by atoms with Crippen molar-refractivity contribution in [2.75, 3.05) is 0 Å². The van der Waals surface area contributed by atoms with Crippen molar-refractivity contribution in [3.8, 4) is 11.5 Å². The van der Waals surface area contributed by atoms with Crippen LogP contribution in [0.1, 0.15) is 52.7 Å². The van der Waals surface area contributed by atoms with E-state index in [1.165, 1.54) is 5.56 Å². The largest absolute Gasteiger partial charge is 0.285 e. The third kappa shape index (κ3) is 4.33. The molecule has 0 unspecified atom stereocenters. The third-order valence-electron chi connectivity index (χ3n) is 4.77. The van der Waals surface area contributed by atoms with E-state index in [0.717, 1.165) is 5.56 Å². The van der Waals surface area contributed by atoms with Crippen molar-refractivity contribution in [3.05, 3.63) is 35.4 Å². The number of carbonyl (C=O) groups excluding carboxylic acids is 1. The maximum Gasteiger partial charge on any atom is 0.209 e. The van der Waals surface area contributed by atoms with E-state index < -0.39 is 8.07 Å². The first kappa shape index (κ1) is 18.7. The van der Waals surface area contributed by atoms with E-state index >= 15 is 0 Å². The zero-order valence-corrected chi connectivity index (χ0v) is 16.2. The van der Waals surface area contributed by atoms with E-state index in [2.05, 4.69) is 59.9 Å². The highest BCUT2D eigenvalue weighted by atomic mass is 28.3. The number of Topliss-reactive ketones (excluding diaryl/α,β-unsaturated/α-hetero) is 1. The second kappa shape index (κ2) is 7.79. The van der Waals surface area contributed by atoms with Gasteiger partial charge in [0.05, 0.1) is 0 Å². The summed E-state index contributed by atoms with van der Waals surface area (Å²) in [5, 5.41) is 0. The lowest BCUT2D eigenvalue weighted by Gasteiger charge is -2.37. The lowest BCUT2D eigenvalue weighted by Crippen LogP contribution is -2.43. The number of carbonyl (C=O) groups is 1. The van der Waals surface area contributed by atoms with Gasteiger partial charge in [0.1, 0.15) is 8.07 Å². The molecule has 0 aromatic heterocycles. The molecule has 0 fully saturated rings. The molecule has 120 valence electrons. The summed E-state index contributed by atoms with van der Waals surface area (Å²) in [5.74, 6) is 3.05. The van der Waals surface area contributed by atoms with Gasteiger partial charge in [-0.25, -0.2) is 0 Å². The smallest absolute Gasteiger partial charge is 0.209 e. The molecule has 0 aliphatic heterocycles. The SMILES string of the molecule is Cc1ccc(CC(=O)C#C[Si](C(C)C)(C(C)C)C(C)C)cc1. The predicted molar refractivity (Wildman–Crippen MR) is 98.7 cm³/mol. The molecule has 0 amide bonds. The molecule has 0 saturated carbocycles. The van der Waals surface area contributed by atoms with E-state index in [9.17, 15) is 4.79 Å². The Labute approximate surface area is 137 Å². The van der Waals surface area contributed by atoms with Crippen LogP contribution in [-0.4, -0.2) is 13.9 Å². The average Bonchev–Trinajstić information content (AvgIpc) is 2.40. The predicted octanol–water partition coefficient (Wildman–Crippen LogP) is 5.33. The Bertz CT molecular complexity index is 534. The van der Waals surface area contributed by atoms with Gasteiger partial charge in [0.25, 0.3) is 0 Å². The van der Waals surface area contributed by atoms with Crippen molar-refractivity contribution in [1.82, 2.24) is 0 Å². The number of ketones is 1. The zero-order chi connectivity index (χ0) is 16.9. The Morgan fingerprint density at radius 3 is 1.82 bits per heavy atom. The molecule has 1 rings (SSSR count). The maximum atomic E-state index is 12.3. The Morgan fingerprint density at radius 2 is 1.41 bits per heavy atom. The number of aryl methyl sites for hydroxylation is 1. The Morgan fingerprint density at radius 1 is 0.955 bits per heavy atom. The molecule has 0 radical (unpaired) electrons. The van der Waals surface area contributed by atoms with Crippen LogP contribution in [0.3, 0.4) is 0 Å². The van der Waals surface area contributed by atoms with Crippen LogP contribution in [0.15, 0.2) is 24.3 Å². The summed E-state index contributed by atoms with van der Waals surface area (Å²) in [6.45, 7) is 15.7. The maximum absolute atomic E-state index is 12.3. The number of hydrogen-bond acceptors (Lipinski definition) is 1. The van der Waals surface area contributed by atoms with Crippen molar-refractivity contribution >= 4 is 13.9 Å². The molecule has 0 atom stereocenters. The molecule has 22 heavy (non-hydrogen) atoms. The minimum atomic E-state index is -1.80. The highest BCUT2D eigenvalue weighted by Gasteiger charge is 2.41. The molecule has 0 saturated heterocycles. The van der Waals surface area contributed by atoms with Crippen LogP contribution in [-0.2, 0) is 11.2 Å². The van der Waals surface area contributed by atoms with Gasteiger partial charge < -0.3 is 0 Å². The fourth-order valence-electron chi connectivity index (χ4n) is 3.55. The summed E-state index contributed by atoms with van der Waals surface area (Å²) in [6, 6.07) is 8.14. The standard InChI is InChI=1S/C20H30OSi/c1-15(2)22(16(3)4,17(5)6)13-12-20(21)14-19-10-8-18(7)9-11-19/h8-11,15-17H,14H2,1-7H3. The summed E-state index contributed by atoms with van der Waals surface area (Å²) in [7, 11) is -1.80. The van der Waals surface area contributed by atoms with Gasteiger partial charge in [-0.2, -0.15) is 0 Å². The van der Waals surface area contributed by atoms with Crippen LogP contribution >= 0.6 is 0 Å². The summed E-state index contributed by atoms with van der Waals surface area (Å²) in [5.41, 5.74) is 7.46. The summed E-state index contributed by atoms with van der Waals surface area (Å²) >= 11 is 0. The van der Waals surface area contributed by atoms with Crippen molar-refractivity contribution in [1.29, 1.82) is 0 Å². The van der Waals surface area contributed by atoms with Crippen LogP contribution in [0.2, 0.25) is 16.6 Å². The zero-order valence-electron chi connectivity index (χ0n) is 15.2. The van der Waals surface area contributed by atoms with Gasteiger partial charge in [-0.3, -0.25) is 4.79 Å². The third-order valence-corrected chi connectivity index (χ3v) is 11.1. The van der Waals surface area contributed by atoms with Gasteiger partial charge in [-0.15, -0.1) is 5.54 Å². The minimum Gasteiger partial charge on any atom is -0.285 e. The molecule has 1 aromatic rings. The molecule has 0 aliphatic rings. The van der Waals surface area contributed by atoms with Gasteiger partial charge >= 0.3 is 0 Å². The summed E-state index contributed by atoms with van der Waals surface area (Å²) < 4.78 is 0. The van der Waals surface area contributed by atoms with Crippen LogP contribution in [0.4, 0.5) is 0 Å². The van der Waals surface area contributed by atoms with E-state index in [1.807, 2.05) is 24.3 Å². The summed E-state index contributed by atoms with van der Waals surface area (Å²) in [6.07, 6.45) is 0.423. The van der Waals surface area contributed by atoms with Gasteiger partial charge in [-0.05, 0) is 35.0 Å². The molecular weight excluding hydrogens is 284 g/mol. The lowest BCUT2D eigenvalue weighted by atomic mass is 10.1. The Hall–Kier alpha value is -1.33. The van der Waals surface area contributed by atoms with E-state index in [4.69, 9.17) is 0 Å². The Kier molecular flexibility index (Phi) is 6.62. The quantitative estimate of drug-likeness (QED) is 0.530. The van der Waals surface area contributed by atoms with Gasteiger partial charge in [-0.1, -0.05) is 71.4 Å². The molecule has 0 spiro atoms. The molecule has 1 aromatic carbocycles. The lowest BCUT2D eigenvalue weighted by molar-refractivity contribution is -0.113. The fraction of sp³-hybridized carbons (Fsp3) is 0.550. The fourth-order valence-corrected chi connectivity index (χ4v) is 8.77. The first-order valence-electron chi connectivity index (χ1n) is 8.31. The molecule has 0 bridgehead atoms. The molecule has 0 N–H and O–H groups in total. The van der Waals surface area contributed by atoms with Gasteiger partial charge in [0, 0.05) is 6.42 Å². The monoisotopic (exact) mass is 314 g/mol.